The van der Waals surface area contributed by atoms with E-state index in [1.54, 1.807) is 11.3 Å². The van der Waals surface area contributed by atoms with Gasteiger partial charge in [-0.05, 0) is 82.6 Å². The summed E-state index contributed by atoms with van der Waals surface area (Å²) in [5, 5.41) is 5.31. The first-order valence-corrected chi connectivity index (χ1v) is 15.5. The Hall–Kier alpha value is -4.89. The normalized spacial score (nSPS) is 11.7. The molecule has 0 spiro atoms. The van der Waals surface area contributed by atoms with Crippen LogP contribution in [-0.4, -0.2) is 0 Å². The number of nitrogens with zero attached hydrogens (tertiary/aromatic N) is 1. The minimum absolute atomic E-state index is 0.813. The molecule has 0 aliphatic rings. The van der Waals surface area contributed by atoms with Gasteiger partial charge in [0.15, 0.2) is 0 Å². The summed E-state index contributed by atoms with van der Waals surface area (Å²) in [6, 6.07) is 50.8. The lowest BCUT2D eigenvalue weighted by atomic mass is 9.96. The number of anilines is 3. The number of halogens is 1. The lowest BCUT2D eigenvalue weighted by molar-refractivity contribution is 1.28. The van der Waals surface area contributed by atoms with Crippen LogP contribution in [0.4, 0.5) is 17.1 Å². The van der Waals surface area contributed by atoms with Crippen LogP contribution in [0.3, 0.4) is 0 Å². The van der Waals surface area contributed by atoms with Gasteiger partial charge in [-0.1, -0.05) is 121 Å². The molecule has 0 bridgehead atoms. The smallest absolute Gasteiger partial charge is 0.0563 e. The highest BCUT2D eigenvalue weighted by atomic mass is 35.5. The van der Waals surface area contributed by atoms with Gasteiger partial charge in [0.2, 0.25) is 0 Å². The van der Waals surface area contributed by atoms with Crippen LogP contribution in [0, 0.1) is 0 Å². The second kappa shape index (κ2) is 12.1. The first-order valence-electron chi connectivity index (χ1n) is 14.3. The molecule has 6 aromatic carbocycles. The topological polar surface area (TPSA) is 3.24 Å². The van der Waals surface area contributed by atoms with Gasteiger partial charge < -0.3 is 4.90 Å². The predicted octanol–water partition coefficient (Wildman–Crippen LogP) is 12.5. The molecule has 0 saturated heterocycles. The first-order chi connectivity index (χ1) is 21.2. The van der Waals surface area contributed by atoms with Gasteiger partial charge >= 0.3 is 0 Å². The first kappa shape index (κ1) is 27.0. The summed E-state index contributed by atoms with van der Waals surface area (Å²) in [4.78, 5) is 4.70. The van der Waals surface area contributed by atoms with E-state index in [2.05, 4.69) is 151 Å². The van der Waals surface area contributed by atoms with E-state index in [4.69, 9.17) is 11.6 Å². The van der Waals surface area contributed by atoms with E-state index < -0.39 is 0 Å². The standard InChI is InChI=1S/C40H28ClNS/c41-40-38-17-9-7-15-35(38)37(36-16-8-10-18-39(36)40)28-27-34-26-25-33(43-34)24-21-29-19-22-32(23-20-29)42(30-11-3-1-4-12-30)31-13-5-2-6-14-31/h1-28H. The van der Waals surface area contributed by atoms with Crippen LogP contribution < -0.4 is 4.90 Å². The third-order valence-corrected chi connectivity index (χ3v) is 9.01. The Morgan fingerprint density at radius 3 is 1.40 bits per heavy atom. The lowest BCUT2D eigenvalue weighted by Gasteiger charge is -2.25. The summed E-state index contributed by atoms with van der Waals surface area (Å²) < 4.78 is 0. The quantitative estimate of drug-likeness (QED) is 0.167. The van der Waals surface area contributed by atoms with Crippen molar-refractivity contribution < 1.29 is 0 Å². The van der Waals surface area contributed by atoms with Crippen molar-refractivity contribution in [1.29, 1.82) is 0 Å². The Balaban J connectivity index is 1.12. The highest BCUT2D eigenvalue weighted by molar-refractivity contribution is 7.13. The van der Waals surface area contributed by atoms with Gasteiger partial charge in [0.1, 0.15) is 0 Å². The molecule has 0 unspecified atom stereocenters. The average molecular weight is 590 g/mol. The predicted molar refractivity (Wildman–Crippen MR) is 190 cm³/mol. The molecule has 43 heavy (non-hydrogen) atoms. The Kier molecular flexibility index (Phi) is 7.62. The summed E-state index contributed by atoms with van der Waals surface area (Å²) in [6.07, 6.45) is 8.81. The van der Waals surface area contributed by atoms with Crippen LogP contribution >= 0.6 is 22.9 Å². The van der Waals surface area contributed by atoms with Gasteiger partial charge in [0.25, 0.3) is 0 Å². The molecule has 0 N–H and O–H groups in total. The van der Waals surface area contributed by atoms with E-state index in [0.717, 1.165) is 38.4 Å². The lowest BCUT2D eigenvalue weighted by Crippen LogP contribution is -2.09. The monoisotopic (exact) mass is 589 g/mol. The fraction of sp³-hybridized carbons (Fsp3) is 0. The van der Waals surface area contributed by atoms with Gasteiger partial charge in [0.05, 0.1) is 5.02 Å². The van der Waals surface area contributed by atoms with Gasteiger partial charge in [-0.3, -0.25) is 0 Å². The zero-order chi connectivity index (χ0) is 29.0. The third-order valence-electron chi connectivity index (χ3n) is 7.59. The van der Waals surface area contributed by atoms with Crippen LogP contribution in [-0.2, 0) is 0 Å². The Bertz CT molecular complexity index is 1980. The zero-order valence-electron chi connectivity index (χ0n) is 23.4. The largest absolute Gasteiger partial charge is 0.311 e. The molecular formula is C40H28ClNS. The fourth-order valence-corrected chi connectivity index (χ4v) is 6.66. The highest BCUT2D eigenvalue weighted by Crippen LogP contribution is 2.38. The molecule has 3 heteroatoms. The van der Waals surface area contributed by atoms with E-state index >= 15 is 0 Å². The zero-order valence-corrected chi connectivity index (χ0v) is 25.0. The van der Waals surface area contributed by atoms with Crippen LogP contribution in [0.5, 0.6) is 0 Å². The number of hydrogen-bond acceptors (Lipinski definition) is 2. The van der Waals surface area contributed by atoms with Crippen molar-refractivity contribution in [2.24, 2.45) is 0 Å². The summed E-state index contributed by atoms with van der Waals surface area (Å²) in [6.45, 7) is 0. The minimum atomic E-state index is 0.813. The van der Waals surface area contributed by atoms with Crippen LogP contribution in [0.25, 0.3) is 45.8 Å². The maximum Gasteiger partial charge on any atom is 0.0563 e. The van der Waals surface area contributed by atoms with Crippen LogP contribution in [0.15, 0.2) is 146 Å². The van der Waals surface area contributed by atoms with Crippen molar-refractivity contribution >= 4 is 85.8 Å². The van der Waals surface area contributed by atoms with Gasteiger partial charge in [-0.25, -0.2) is 0 Å². The number of thiophene rings is 1. The van der Waals surface area contributed by atoms with Gasteiger partial charge in [-0.15, -0.1) is 11.3 Å². The van der Waals surface area contributed by atoms with E-state index in [1.165, 1.54) is 26.1 Å². The molecule has 1 heterocycles. The molecule has 0 radical (unpaired) electrons. The summed E-state index contributed by atoms with van der Waals surface area (Å²) in [7, 11) is 0. The number of fused-ring (bicyclic) bond motifs is 2. The number of benzene rings is 6. The summed E-state index contributed by atoms with van der Waals surface area (Å²) in [5.74, 6) is 0. The van der Waals surface area contributed by atoms with Gasteiger partial charge in [-0.2, -0.15) is 0 Å². The number of rotatable bonds is 7. The Morgan fingerprint density at radius 1 is 0.419 bits per heavy atom. The second-order valence-corrected chi connectivity index (χ2v) is 11.8. The van der Waals surface area contributed by atoms with Crippen molar-refractivity contribution in [1.82, 2.24) is 0 Å². The molecule has 0 aliphatic carbocycles. The number of para-hydroxylation sites is 2. The summed E-state index contributed by atoms with van der Waals surface area (Å²) >= 11 is 8.58. The molecule has 1 nitrogen and oxygen atoms in total. The second-order valence-electron chi connectivity index (χ2n) is 10.3. The van der Waals surface area contributed by atoms with Crippen molar-refractivity contribution in [3.8, 4) is 0 Å². The fourth-order valence-electron chi connectivity index (χ4n) is 5.52. The molecule has 0 aliphatic heterocycles. The molecule has 0 atom stereocenters. The SMILES string of the molecule is Clc1c2ccccc2c(C=Cc2ccc(C=Cc3ccc(N(c4ccccc4)c4ccccc4)cc3)s2)c2ccccc12. The average Bonchev–Trinajstić information content (AvgIpc) is 3.53. The van der Waals surface area contributed by atoms with Crippen molar-refractivity contribution in [3.05, 3.63) is 171 Å². The van der Waals surface area contributed by atoms with E-state index in [-0.39, 0.29) is 0 Å². The minimum Gasteiger partial charge on any atom is -0.311 e. The van der Waals surface area contributed by atoms with E-state index in [9.17, 15) is 0 Å². The molecule has 0 saturated carbocycles. The molecular weight excluding hydrogens is 562 g/mol. The molecule has 206 valence electrons. The molecule has 7 aromatic rings. The third kappa shape index (κ3) is 5.63. The van der Waals surface area contributed by atoms with E-state index in [1.807, 2.05) is 24.3 Å². The maximum atomic E-state index is 6.80. The van der Waals surface area contributed by atoms with Crippen LogP contribution in [0.2, 0.25) is 5.02 Å². The summed E-state index contributed by atoms with van der Waals surface area (Å²) in [5.41, 5.74) is 5.75. The Morgan fingerprint density at radius 2 is 0.860 bits per heavy atom. The molecule has 0 amide bonds. The molecule has 7 rings (SSSR count). The molecule has 0 fully saturated rings. The number of hydrogen-bond donors (Lipinski definition) is 0. The van der Waals surface area contributed by atoms with Crippen LogP contribution in [0.1, 0.15) is 20.9 Å². The maximum absolute atomic E-state index is 6.80. The van der Waals surface area contributed by atoms with Crippen molar-refractivity contribution in [2.75, 3.05) is 4.90 Å². The van der Waals surface area contributed by atoms with Gasteiger partial charge in [0, 0.05) is 37.6 Å². The van der Waals surface area contributed by atoms with E-state index in [0.29, 0.717) is 0 Å². The van der Waals surface area contributed by atoms with Crippen molar-refractivity contribution in [2.45, 2.75) is 0 Å². The molecule has 1 aromatic heterocycles. The Labute approximate surface area is 261 Å². The van der Waals surface area contributed by atoms with Crippen molar-refractivity contribution in [3.63, 3.8) is 0 Å². The highest BCUT2D eigenvalue weighted by Gasteiger charge is 2.12.